The fourth-order valence-electron chi connectivity index (χ4n) is 2.89. The molecule has 1 aliphatic carbocycles. The van der Waals surface area contributed by atoms with Crippen LogP contribution in [0.2, 0.25) is 0 Å². The van der Waals surface area contributed by atoms with Gasteiger partial charge in [0.2, 0.25) is 11.6 Å². The molecule has 0 bridgehead atoms. The Kier molecular flexibility index (Phi) is 5.65. The summed E-state index contributed by atoms with van der Waals surface area (Å²) in [6.07, 6.45) is 0.957. The van der Waals surface area contributed by atoms with Gasteiger partial charge in [0.15, 0.2) is 5.92 Å². The molecule has 0 N–H and O–H groups in total. The maximum atomic E-state index is 12.3. The van der Waals surface area contributed by atoms with E-state index >= 15 is 0 Å². The highest BCUT2D eigenvalue weighted by Crippen LogP contribution is 2.34. The minimum atomic E-state index is -1.40. The first kappa shape index (κ1) is 19.7. The lowest BCUT2D eigenvalue weighted by atomic mass is 9.83. The molecule has 0 saturated carbocycles. The van der Waals surface area contributed by atoms with Crippen LogP contribution in [0.1, 0.15) is 33.2 Å². The van der Waals surface area contributed by atoms with E-state index < -0.39 is 29.4 Å². The Labute approximate surface area is 166 Å². The fraction of sp³-hybridized carbons (Fsp3) is 0.136. The number of nitrogens with zero attached hydrogens (tertiary/aromatic N) is 1. The molecule has 7 heteroatoms. The van der Waals surface area contributed by atoms with Crippen LogP contribution in [0.25, 0.3) is 5.57 Å². The van der Waals surface area contributed by atoms with Gasteiger partial charge in [0, 0.05) is 5.56 Å². The van der Waals surface area contributed by atoms with Gasteiger partial charge in [-0.1, -0.05) is 18.2 Å². The summed E-state index contributed by atoms with van der Waals surface area (Å²) in [6, 6.07) is 14.2. The highest BCUT2D eigenvalue weighted by molar-refractivity contribution is 6.50. The lowest BCUT2D eigenvalue weighted by molar-refractivity contribution is -0.144. The second-order valence-corrected chi connectivity index (χ2v) is 6.07. The Balaban J connectivity index is 2.00. The number of hydrogen-bond acceptors (Lipinski definition) is 7. The predicted octanol–water partition coefficient (Wildman–Crippen LogP) is 2.76. The zero-order valence-electron chi connectivity index (χ0n) is 15.4. The van der Waals surface area contributed by atoms with Gasteiger partial charge >= 0.3 is 11.9 Å². The second-order valence-electron chi connectivity index (χ2n) is 6.07. The van der Waals surface area contributed by atoms with Crippen molar-refractivity contribution < 1.29 is 28.7 Å². The van der Waals surface area contributed by atoms with Gasteiger partial charge in [-0.15, -0.1) is 0 Å². The summed E-state index contributed by atoms with van der Waals surface area (Å²) in [5.41, 5.74) is 0.556. The summed E-state index contributed by atoms with van der Waals surface area (Å²) in [5.74, 6) is -4.36. The first-order valence-electron chi connectivity index (χ1n) is 8.74. The van der Waals surface area contributed by atoms with Crippen LogP contribution in [0.3, 0.4) is 0 Å². The van der Waals surface area contributed by atoms with E-state index in [-0.39, 0.29) is 29.1 Å². The van der Waals surface area contributed by atoms with Gasteiger partial charge in [-0.05, 0) is 54.5 Å². The highest BCUT2D eigenvalue weighted by atomic mass is 16.5. The minimum Gasteiger partial charge on any atom is -0.465 e. The van der Waals surface area contributed by atoms with Gasteiger partial charge in [-0.25, -0.2) is 4.79 Å². The Morgan fingerprint density at radius 1 is 1.07 bits per heavy atom. The summed E-state index contributed by atoms with van der Waals surface area (Å²) >= 11 is 0. The van der Waals surface area contributed by atoms with Crippen molar-refractivity contribution >= 4 is 29.1 Å². The van der Waals surface area contributed by atoms with Gasteiger partial charge < -0.3 is 9.47 Å². The van der Waals surface area contributed by atoms with Crippen LogP contribution in [0.5, 0.6) is 5.75 Å². The van der Waals surface area contributed by atoms with E-state index in [0.717, 1.165) is 6.08 Å². The zero-order valence-corrected chi connectivity index (χ0v) is 15.4. The van der Waals surface area contributed by atoms with E-state index in [1.54, 1.807) is 43.3 Å². The van der Waals surface area contributed by atoms with Crippen molar-refractivity contribution in [2.24, 2.45) is 5.92 Å². The van der Waals surface area contributed by atoms with Crippen molar-refractivity contribution in [2.75, 3.05) is 6.61 Å². The monoisotopic (exact) mass is 389 g/mol. The summed E-state index contributed by atoms with van der Waals surface area (Å²) in [6.45, 7) is 1.64. The van der Waals surface area contributed by atoms with Crippen molar-refractivity contribution in [2.45, 2.75) is 6.92 Å². The van der Waals surface area contributed by atoms with E-state index in [1.807, 2.05) is 0 Å². The zero-order chi connectivity index (χ0) is 21.0. The molecule has 2 aromatic carbocycles. The van der Waals surface area contributed by atoms with Crippen LogP contribution in [0.15, 0.2) is 54.6 Å². The van der Waals surface area contributed by atoms with Crippen LogP contribution in [0.4, 0.5) is 0 Å². The first-order chi connectivity index (χ1) is 14.0. The van der Waals surface area contributed by atoms with Crippen molar-refractivity contribution in [3.05, 3.63) is 71.3 Å². The molecule has 7 nitrogen and oxygen atoms in total. The molecular weight excluding hydrogens is 374 g/mol. The number of rotatable bonds is 5. The molecule has 29 heavy (non-hydrogen) atoms. The SMILES string of the molecule is CCOC(=O)C(C#N)C1=CC(=O)C(=O)c2ccc(OC(=O)c3ccccc3)cc21. The third-order valence-corrected chi connectivity index (χ3v) is 4.24. The van der Waals surface area contributed by atoms with E-state index in [4.69, 9.17) is 9.47 Å². The van der Waals surface area contributed by atoms with Gasteiger partial charge in [-0.2, -0.15) is 5.26 Å². The molecule has 1 unspecified atom stereocenters. The molecule has 1 atom stereocenters. The van der Waals surface area contributed by atoms with Crippen molar-refractivity contribution in [3.63, 3.8) is 0 Å². The number of ether oxygens (including phenoxy) is 2. The molecular formula is C22H15NO6. The van der Waals surface area contributed by atoms with Gasteiger partial charge in [0.05, 0.1) is 18.2 Å². The third kappa shape index (κ3) is 3.96. The van der Waals surface area contributed by atoms with Gasteiger partial charge in [0.25, 0.3) is 0 Å². The number of carbonyl (C=O) groups is 4. The van der Waals surface area contributed by atoms with E-state index in [9.17, 15) is 24.4 Å². The molecule has 0 amide bonds. The topological polar surface area (TPSA) is 111 Å². The Morgan fingerprint density at radius 3 is 2.45 bits per heavy atom. The molecule has 0 heterocycles. The third-order valence-electron chi connectivity index (χ3n) is 4.24. The number of ketones is 2. The summed E-state index contributed by atoms with van der Waals surface area (Å²) < 4.78 is 10.2. The maximum absolute atomic E-state index is 12.3. The molecule has 3 rings (SSSR count). The van der Waals surface area contributed by atoms with Gasteiger partial charge in [0.1, 0.15) is 5.75 Å². The highest BCUT2D eigenvalue weighted by Gasteiger charge is 2.34. The molecule has 1 aliphatic rings. The van der Waals surface area contributed by atoms with Crippen LogP contribution in [-0.4, -0.2) is 30.1 Å². The molecule has 0 fully saturated rings. The normalized spacial score (nSPS) is 13.6. The molecule has 144 valence electrons. The number of benzene rings is 2. The minimum absolute atomic E-state index is 0.0246. The van der Waals surface area contributed by atoms with Crippen LogP contribution in [-0.2, 0) is 14.3 Å². The molecule has 0 saturated heterocycles. The lowest BCUT2D eigenvalue weighted by Gasteiger charge is -2.20. The number of Topliss-reactive ketones (excluding diaryl/α,β-unsaturated/α-hetero) is 1. The van der Waals surface area contributed by atoms with Crippen molar-refractivity contribution in [1.29, 1.82) is 5.26 Å². The van der Waals surface area contributed by atoms with Crippen LogP contribution < -0.4 is 4.74 Å². The smallest absolute Gasteiger partial charge is 0.343 e. The Hall–Kier alpha value is -4.05. The molecule has 0 aromatic heterocycles. The summed E-state index contributed by atoms with van der Waals surface area (Å²) in [4.78, 5) is 48.7. The molecule has 0 aliphatic heterocycles. The van der Waals surface area contributed by atoms with Crippen LogP contribution >= 0.6 is 0 Å². The predicted molar refractivity (Wildman–Crippen MR) is 101 cm³/mol. The summed E-state index contributed by atoms with van der Waals surface area (Å²) in [7, 11) is 0. The fourth-order valence-corrected chi connectivity index (χ4v) is 2.89. The van der Waals surface area contributed by atoms with Gasteiger partial charge in [-0.3, -0.25) is 14.4 Å². The number of allylic oxidation sites excluding steroid dienone is 1. The average molecular weight is 389 g/mol. The van der Waals surface area contributed by atoms with E-state index in [2.05, 4.69) is 0 Å². The molecule has 2 aromatic rings. The standard InChI is InChI=1S/C22H15NO6/c1-2-28-22(27)18(12-23)17-11-19(24)20(25)15-9-8-14(10-16(15)17)29-21(26)13-6-4-3-5-7-13/h3-11,18H,2H2,1H3. The number of fused-ring (bicyclic) bond motifs is 1. The lowest BCUT2D eigenvalue weighted by Crippen LogP contribution is -2.25. The Bertz CT molecular complexity index is 1080. The Morgan fingerprint density at radius 2 is 1.79 bits per heavy atom. The van der Waals surface area contributed by atoms with Crippen molar-refractivity contribution in [3.8, 4) is 11.8 Å². The van der Waals surface area contributed by atoms with E-state index in [0.29, 0.717) is 5.56 Å². The largest absolute Gasteiger partial charge is 0.465 e. The summed E-state index contributed by atoms with van der Waals surface area (Å²) in [5, 5.41) is 9.44. The second kappa shape index (κ2) is 8.31. The number of hydrogen-bond donors (Lipinski definition) is 0. The molecule has 0 spiro atoms. The average Bonchev–Trinajstić information content (AvgIpc) is 2.73. The quantitative estimate of drug-likeness (QED) is 0.439. The molecule has 0 radical (unpaired) electrons. The van der Waals surface area contributed by atoms with Crippen molar-refractivity contribution in [1.82, 2.24) is 0 Å². The van der Waals surface area contributed by atoms with Crippen LogP contribution in [0, 0.1) is 17.2 Å². The number of nitriles is 1. The number of esters is 2. The number of carbonyl (C=O) groups excluding carboxylic acids is 4. The first-order valence-corrected chi connectivity index (χ1v) is 8.74. The maximum Gasteiger partial charge on any atom is 0.343 e. The van der Waals surface area contributed by atoms with E-state index in [1.165, 1.54) is 18.2 Å².